The van der Waals surface area contributed by atoms with Gasteiger partial charge in [0.05, 0.1) is 40.8 Å². The van der Waals surface area contributed by atoms with Gasteiger partial charge in [-0.2, -0.15) is 0 Å². The van der Waals surface area contributed by atoms with E-state index in [0.29, 0.717) is 30.2 Å². The number of amides is 3. The Morgan fingerprint density at radius 2 is 1.66 bits per heavy atom. The zero-order valence-electron chi connectivity index (χ0n) is 23.2. The highest BCUT2D eigenvalue weighted by Crippen LogP contribution is 2.59. The van der Waals surface area contributed by atoms with E-state index in [1.54, 1.807) is 41.0 Å². The molecule has 6 rings (SSSR count). The normalized spacial score (nSPS) is 31.6. The minimum Gasteiger partial charge on any atom is -0.394 e. The van der Waals surface area contributed by atoms with Gasteiger partial charge in [-0.3, -0.25) is 14.4 Å². The summed E-state index contributed by atoms with van der Waals surface area (Å²) < 4.78 is 6.98. The van der Waals surface area contributed by atoms with E-state index in [-0.39, 0.29) is 30.9 Å². The van der Waals surface area contributed by atoms with E-state index in [1.807, 2.05) is 61.6 Å². The first kappa shape index (κ1) is 27.7. The first-order chi connectivity index (χ1) is 19.8. The molecule has 3 amide bonds. The van der Waals surface area contributed by atoms with Gasteiger partial charge in [-0.05, 0) is 31.0 Å². The lowest BCUT2D eigenvalue weighted by molar-refractivity contribution is -0.152. The SMILES string of the molecule is CC[C@@]12C=CCN(Cc3ccccc3)C(=O)[C@@H]1[C@H]1C(=O)N([C@H](C)CO)C3C(=O)N(c4ccccc4Cl)CC=C[C@@]31O2. The van der Waals surface area contributed by atoms with Crippen molar-refractivity contribution in [2.24, 2.45) is 11.8 Å². The summed E-state index contributed by atoms with van der Waals surface area (Å²) >= 11 is 6.52. The van der Waals surface area contributed by atoms with E-state index in [2.05, 4.69) is 0 Å². The average Bonchev–Trinajstić information content (AvgIpc) is 3.29. The molecule has 4 heterocycles. The summed E-state index contributed by atoms with van der Waals surface area (Å²) in [7, 11) is 0. The van der Waals surface area contributed by atoms with Gasteiger partial charge in [-0.1, -0.05) is 85.3 Å². The largest absolute Gasteiger partial charge is 0.394 e. The van der Waals surface area contributed by atoms with Crippen molar-refractivity contribution in [3.63, 3.8) is 0 Å². The molecule has 2 fully saturated rings. The Morgan fingerprint density at radius 1 is 0.951 bits per heavy atom. The van der Waals surface area contributed by atoms with Crippen LogP contribution in [0.2, 0.25) is 5.02 Å². The Hall–Kier alpha value is -3.46. The third-order valence-electron chi connectivity index (χ3n) is 9.06. The molecule has 0 radical (unpaired) electrons. The minimum atomic E-state index is -1.40. The molecule has 0 aromatic heterocycles. The summed E-state index contributed by atoms with van der Waals surface area (Å²) in [5.41, 5.74) is -0.960. The van der Waals surface area contributed by atoms with Crippen molar-refractivity contribution in [1.29, 1.82) is 0 Å². The second-order valence-electron chi connectivity index (χ2n) is 11.3. The van der Waals surface area contributed by atoms with Crippen molar-refractivity contribution in [1.82, 2.24) is 9.80 Å². The van der Waals surface area contributed by atoms with Gasteiger partial charge in [-0.25, -0.2) is 0 Å². The van der Waals surface area contributed by atoms with E-state index >= 15 is 0 Å². The van der Waals surface area contributed by atoms with Crippen molar-refractivity contribution in [2.45, 2.75) is 50.1 Å². The number of rotatable bonds is 6. The van der Waals surface area contributed by atoms with Crippen molar-refractivity contribution >= 4 is 35.0 Å². The second-order valence-corrected chi connectivity index (χ2v) is 11.7. The predicted octanol–water partition coefficient (Wildman–Crippen LogP) is 3.58. The van der Waals surface area contributed by atoms with E-state index in [0.717, 1.165) is 5.56 Å². The minimum absolute atomic E-state index is 0.179. The number of hydrogen-bond acceptors (Lipinski definition) is 5. The predicted molar refractivity (Wildman–Crippen MR) is 155 cm³/mol. The molecule has 1 unspecified atom stereocenters. The fourth-order valence-corrected chi connectivity index (χ4v) is 7.38. The fraction of sp³-hybridized carbons (Fsp3) is 0.406. The zero-order chi connectivity index (χ0) is 28.9. The van der Waals surface area contributed by atoms with Crippen LogP contribution in [0.3, 0.4) is 0 Å². The molecule has 214 valence electrons. The van der Waals surface area contributed by atoms with Crippen molar-refractivity contribution < 1.29 is 24.2 Å². The number of carbonyl (C=O) groups is 3. The maximum absolute atomic E-state index is 14.5. The van der Waals surface area contributed by atoms with Crippen LogP contribution >= 0.6 is 11.6 Å². The molecule has 6 atom stereocenters. The molecule has 2 aromatic rings. The van der Waals surface area contributed by atoms with E-state index in [9.17, 15) is 19.5 Å². The Bertz CT molecular complexity index is 1430. The molecule has 2 aromatic carbocycles. The lowest BCUT2D eigenvalue weighted by Gasteiger charge is -2.40. The molecule has 0 aliphatic carbocycles. The molecule has 1 N–H and O–H groups in total. The number of fused-ring (bicyclic) bond motifs is 2. The molecule has 1 spiro atoms. The topological polar surface area (TPSA) is 90.4 Å². The number of carbonyl (C=O) groups excluding carboxylic acids is 3. The van der Waals surface area contributed by atoms with Crippen LogP contribution in [0.25, 0.3) is 0 Å². The third kappa shape index (κ3) is 4.15. The van der Waals surface area contributed by atoms with Crippen LogP contribution < -0.4 is 4.90 Å². The monoisotopic (exact) mass is 575 g/mol. The maximum atomic E-state index is 14.5. The number of aliphatic hydroxyl groups is 1. The lowest BCUT2D eigenvalue weighted by Crippen LogP contribution is -2.58. The van der Waals surface area contributed by atoms with E-state index in [4.69, 9.17) is 16.3 Å². The number of anilines is 1. The summed E-state index contributed by atoms with van der Waals surface area (Å²) in [4.78, 5) is 48.2. The van der Waals surface area contributed by atoms with Gasteiger partial charge in [0.25, 0.3) is 5.91 Å². The number of nitrogens with zero attached hydrogens (tertiary/aromatic N) is 3. The first-order valence-electron chi connectivity index (χ1n) is 14.1. The summed E-state index contributed by atoms with van der Waals surface area (Å²) in [6.07, 6.45) is 7.96. The number of likely N-dealkylation sites (tertiary alicyclic amines) is 1. The summed E-state index contributed by atoms with van der Waals surface area (Å²) in [6, 6.07) is 15.1. The molecule has 0 bridgehead atoms. The standard InChI is InChI=1S/C32H34ClN3O5/c1-3-31-15-9-17-34(19-22-11-5-4-6-12-22)28(38)25(31)26-29(39)36(21(2)20-37)27-30(40)35(18-10-16-32(26,27)41-31)24-14-8-7-13-23(24)33/h4-16,21,25-27,37H,3,17-20H2,1-2H3/t21-,25+,26+,27?,31-,32+/m1/s1. The van der Waals surface area contributed by atoms with Crippen LogP contribution in [-0.4, -0.2) is 75.6 Å². The first-order valence-corrected chi connectivity index (χ1v) is 14.5. The van der Waals surface area contributed by atoms with Gasteiger partial charge in [0.2, 0.25) is 11.8 Å². The average molecular weight is 576 g/mol. The van der Waals surface area contributed by atoms with Gasteiger partial charge in [0.15, 0.2) is 0 Å². The third-order valence-corrected chi connectivity index (χ3v) is 9.38. The Kier molecular flexibility index (Phi) is 7.04. The Morgan fingerprint density at radius 3 is 2.37 bits per heavy atom. The number of benzene rings is 2. The van der Waals surface area contributed by atoms with Crippen LogP contribution in [-0.2, 0) is 25.7 Å². The molecule has 2 saturated heterocycles. The highest BCUT2D eigenvalue weighted by molar-refractivity contribution is 6.34. The van der Waals surface area contributed by atoms with E-state index in [1.165, 1.54) is 4.90 Å². The molecule has 4 aliphatic heterocycles. The number of ether oxygens (including phenoxy) is 1. The molecule has 0 saturated carbocycles. The molecular weight excluding hydrogens is 542 g/mol. The molecule has 8 nitrogen and oxygen atoms in total. The van der Waals surface area contributed by atoms with Gasteiger partial charge in [0.1, 0.15) is 11.6 Å². The number of hydrogen-bond donors (Lipinski definition) is 1. The number of aliphatic hydroxyl groups excluding tert-OH is 1. The molecular formula is C32H34ClN3O5. The van der Waals surface area contributed by atoms with Crippen LogP contribution in [0.15, 0.2) is 78.9 Å². The summed E-state index contributed by atoms with van der Waals surface area (Å²) in [5, 5.41) is 10.6. The zero-order valence-corrected chi connectivity index (χ0v) is 23.9. The van der Waals surface area contributed by atoms with Gasteiger partial charge < -0.3 is 24.5 Å². The van der Waals surface area contributed by atoms with Crippen LogP contribution in [0.1, 0.15) is 25.8 Å². The van der Waals surface area contributed by atoms with E-state index < -0.39 is 35.1 Å². The highest BCUT2D eigenvalue weighted by Gasteiger charge is 2.75. The Labute approximate surface area is 244 Å². The highest BCUT2D eigenvalue weighted by atomic mass is 35.5. The fourth-order valence-electron chi connectivity index (χ4n) is 7.15. The molecule has 4 aliphatic rings. The molecule has 41 heavy (non-hydrogen) atoms. The van der Waals surface area contributed by atoms with Crippen LogP contribution in [0, 0.1) is 11.8 Å². The van der Waals surface area contributed by atoms with Gasteiger partial charge in [0, 0.05) is 19.6 Å². The quantitative estimate of drug-likeness (QED) is 0.532. The molecule has 9 heteroatoms. The smallest absolute Gasteiger partial charge is 0.253 e. The summed E-state index contributed by atoms with van der Waals surface area (Å²) in [6.45, 7) is 4.31. The van der Waals surface area contributed by atoms with Crippen molar-refractivity contribution in [3.8, 4) is 0 Å². The second kappa shape index (κ2) is 10.4. The summed E-state index contributed by atoms with van der Waals surface area (Å²) in [5.74, 6) is -2.69. The number of para-hydroxylation sites is 1. The maximum Gasteiger partial charge on any atom is 0.253 e. The lowest BCUT2D eigenvalue weighted by atomic mass is 9.73. The van der Waals surface area contributed by atoms with Crippen LogP contribution in [0.4, 0.5) is 5.69 Å². The van der Waals surface area contributed by atoms with Crippen LogP contribution in [0.5, 0.6) is 0 Å². The number of halogens is 1. The van der Waals surface area contributed by atoms with Gasteiger partial charge in [-0.15, -0.1) is 0 Å². The van der Waals surface area contributed by atoms with Gasteiger partial charge >= 0.3 is 0 Å². The van der Waals surface area contributed by atoms with Crippen molar-refractivity contribution in [3.05, 3.63) is 89.5 Å². The Balaban J connectivity index is 1.48. The van der Waals surface area contributed by atoms with Crippen molar-refractivity contribution in [2.75, 3.05) is 24.6 Å².